The minimum atomic E-state index is -1.53. The van der Waals surface area contributed by atoms with Gasteiger partial charge in [0, 0.05) is 7.11 Å². The molecule has 0 bridgehead atoms. The summed E-state index contributed by atoms with van der Waals surface area (Å²) >= 11 is 0. The highest BCUT2D eigenvalue weighted by atomic mass is 16.5. The molecule has 0 rings (SSSR count). The van der Waals surface area contributed by atoms with Crippen molar-refractivity contribution in [2.45, 2.75) is 43.6 Å². The number of aliphatic hydroxyl groups excluding tert-OH is 4. The fraction of sp³-hybridized carbons (Fsp3) is 0.846. The fourth-order valence-electron chi connectivity index (χ4n) is 1.49. The second kappa shape index (κ2) is 14.5. The Balaban J connectivity index is 0. The summed E-state index contributed by atoms with van der Waals surface area (Å²) in [6, 6.07) is -0.716. The van der Waals surface area contributed by atoms with Crippen molar-refractivity contribution in [1.82, 2.24) is 0 Å². The van der Waals surface area contributed by atoms with Crippen LogP contribution < -0.4 is 11.5 Å². The van der Waals surface area contributed by atoms with E-state index >= 15 is 0 Å². The number of hydrogen-bond acceptors (Lipinski definition) is 9. The summed E-state index contributed by atoms with van der Waals surface area (Å²) in [5.41, 5.74) is 10.4. The molecule has 0 aromatic heterocycles. The maximum atomic E-state index is 10.9. The number of carboxylic acid groups (broad SMARTS) is 1. The van der Waals surface area contributed by atoms with E-state index in [-0.39, 0.29) is 0 Å². The van der Waals surface area contributed by atoms with Gasteiger partial charge < -0.3 is 41.7 Å². The molecule has 0 spiro atoms. The van der Waals surface area contributed by atoms with Gasteiger partial charge in [-0.3, -0.25) is 9.59 Å². The number of methoxy groups -OCH3 is 1. The van der Waals surface area contributed by atoms with Gasteiger partial charge in [0.2, 0.25) is 0 Å². The van der Waals surface area contributed by atoms with Crippen LogP contribution in [0.1, 0.15) is 19.3 Å². The summed E-state index contributed by atoms with van der Waals surface area (Å²) in [6.07, 6.45) is -2.14. The molecule has 0 unspecified atom stereocenters. The van der Waals surface area contributed by atoms with Crippen molar-refractivity contribution in [1.29, 1.82) is 0 Å². The lowest BCUT2D eigenvalue weighted by atomic mass is 10.1. The van der Waals surface area contributed by atoms with Crippen LogP contribution in [0.4, 0.5) is 0 Å². The second-order valence-electron chi connectivity index (χ2n) is 4.75. The first kappa shape index (κ1) is 24.1. The molecule has 10 heteroatoms. The predicted octanol–water partition coefficient (Wildman–Crippen LogP) is -3.20. The van der Waals surface area contributed by atoms with E-state index in [4.69, 9.17) is 31.9 Å². The summed E-state index contributed by atoms with van der Waals surface area (Å²) < 4.78 is 4.56. The highest BCUT2D eigenvalue weighted by molar-refractivity contribution is 5.84. The lowest BCUT2D eigenvalue weighted by Gasteiger charge is -2.22. The van der Waals surface area contributed by atoms with E-state index in [9.17, 15) is 14.7 Å². The number of hydrogen-bond donors (Lipinski definition) is 7. The van der Waals surface area contributed by atoms with Gasteiger partial charge in [0.15, 0.2) is 5.78 Å². The number of carbonyl (C=O) groups is 2. The molecule has 23 heavy (non-hydrogen) atoms. The molecule has 10 nitrogen and oxygen atoms in total. The normalized spacial score (nSPS) is 15.8. The van der Waals surface area contributed by atoms with Crippen molar-refractivity contribution in [3.8, 4) is 0 Å². The molecule has 0 amide bonds. The van der Waals surface area contributed by atoms with Crippen LogP contribution in [0.15, 0.2) is 0 Å². The largest absolute Gasteiger partial charge is 0.480 e. The van der Waals surface area contributed by atoms with E-state index in [0.717, 1.165) is 20.0 Å². The van der Waals surface area contributed by atoms with Crippen LogP contribution in [0, 0.1) is 0 Å². The van der Waals surface area contributed by atoms with Gasteiger partial charge in [-0.25, -0.2) is 0 Å². The number of carbonyl (C=O) groups excluding carboxylic acids is 1. The molecule has 0 aromatic rings. The van der Waals surface area contributed by atoms with Crippen molar-refractivity contribution in [3.05, 3.63) is 0 Å². The maximum Gasteiger partial charge on any atom is 0.320 e. The molecule has 0 aliphatic rings. The number of aliphatic hydroxyl groups is 4. The van der Waals surface area contributed by atoms with Crippen molar-refractivity contribution in [2.24, 2.45) is 11.5 Å². The first-order valence-corrected chi connectivity index (χ1v) is 7.08. The zero-order chi connectivity index (χ0) is 18.4. The number of nitrogens with two attached hydrogens (primary N) is 2. The van der Waals surface area contributed by atoms with Crippen LogP contribution in [-0.4, -0.2) is 88.5 Å². The lowest BCUT2D eigenvalue weighted by molar-refractivity contribution is -0.146. The number of carboxylic acids is 1. The van der Waals surface area contributed by atoms with Crippen LogP contribution in [0.25, 0.3) is 0 Å². The molecule has 0 aromatic carbocycles. The Bertz CT molecular complexity index is 329. The molecular weight excluding hydrogens is 312 g/mol. The molecular formula is C13H28N2O8. The summed E-state index contributed by atoms with van der Waals surface area (Å²) in [5, 5.41) is 43.4. The molecule has 0 aliphatic heterocycles. The molecule has 0 heterocycles. The third kappa shape index (κ3) is 11.1. The van der Waals surface area contributed by atoms with Crippen molar-refractivity contribution in [2.75, 3.05) is 26.9 Å². The zero-order valence-electron chi connectivity index (χ0n) is 13.2. The van der Waals surface area contributed by atoms with Gasteiger partial charge in [0.25, 0.3) is 0 Å². The number of aliphatic carboxylic acids is 1. The number of ether oxygens (including phenoxy) is 1. The van der Waals surface area contributed by atoms with Gasteiger partial charge in [-0.15, -0.1) is 0 Å². The van der Waals surface area contributed by atoms with Crippen LogP contribution in [0.2, 0.25) is 0 Å². The summed E-state index contributed by atoms with van der Waals surface area (Å²) in [5.74, 6) is -1.68. The standard InChI is InChI=1S/C7H14O6.C6H14N2O2/c1-13-7(5(11)3-9)6(12)4(10)2-8;7-4-2-1-3-5(8)6(9)10/h4,6-10,12H,2-3H2,1H3;5H,1-4,7-8H2,(H,9,10)/t4-,6-,7-;5-/m10/s1. The van der Waals surface area contributed by atoms with E-state index in [1.807, 2.05) is 0 Å². The Kier molecular flexibility index (Phi) is 15.2. The summed E-state index contributed by atoms with van der Waals surface area (Å²) in [4.78, 5) is 21.0. The van der Waals surface area contributed by atoms with Gasteiger partial charge in [0.1, 0.15) is 31.0 Å². The molecule has 0 aliphatic carbocycles. The molecule has 0 radical (unpaired) electrons. The third-order valence-corrected chi connectivity index (χ3v) is 2.91. The van der Waals surface area contributed by atoms with E-state index in [0.29, 0.717) is 13.0 Å². The average Bonchev–Trinajstić information content (AvgIpc) is 2.54. The minimum Gasteiger partial charge on any atom is -0.480 e. The average molecular weight is 340 g/mol. The van der Waals surface area contributed by atoms with Crippen LogP contribution in [0.5, 0.6) is 0 Å². The van der Waals surface area contributed by atoms with Crippen molar-refractivity contribution >= 4 is 11.8 Å². The van der Waals surface area contributed by atoms with E-state index in [1.54, 1.807) is 0 Å². The van der Waals surface area contributed by atoms with E-state index < -0.39 is 49.3 Å². The number of Topliss-reactive ketones (excluding diaryl/α,β-unsaturated/α-hetero) is 1. The topological polar surface area (TPSA) is 197 Å². The number of unbranched alkanes of at least 4 members (excludes halogenated alkanes) is 1. The Labute approximate surface area is 134 Å². The predicted molar refractivity (Wildman–Crippen MR) is 80.5 cm³/mol. The monoisotopic (exact) mass is 340 g/mol. The molecule has 0 saturated carbocycles. The zero-order valence-corrected chi connectivity index (χ0v) is 13.2. The number of rotatable bonds is 11. The highest BCUT2D eigenvalue weighted by Gasteiger charge is 2.30. The fourth-order valence-corrected chi connectivity index (χ4v) is 1.49. The molecule has 138 valence electrons. The van der Waals surface area contributed by atoms with Crippen molar-refractivity contribution in [3.63, 3.8) is 0 Å². The van der Waals surface area contributed by atoms with Gasteiger partial charge in [0.05, 0.1) is 6.61 Å². The Morgan fingerprint density at radius 3 is 2.09 bits per heavy atom. The molecule has 0 fully saturated rings. The molecule has 4 atom stereocenters. The Morgan fingerprint density at radius 1 is 1.17 bits per heavy atom. The Hall–Kier alpha value is -1.14. The third-order valence-electron chi connectivity index (χ3n) is 2.91. The summed E-state index contributed by atoms with van der Waals surface area (Å²) in [7, 11) is 1.16. The maximum absolute atomic E-state index is 10.9. The van der Waals surface area contributed by atoms with Gasteiger partial charge in [-0.2, -0.15) is 0 Å². The van der Waals surface area contributed by atoms with Gasteiger partial charge >= 0.3 is 5.97 Å². The van der Waals surface area contributed by atoms with Gasteiger partial charge in [-0.05, 0) is 19.4 Å². The molecule has 9 N–H and O–H groups in total. The SMILES string of the molecule is CO[C@H](C(=O)CO)[C@H](O)[C@H](O)CO.NCCCC[C@H](N)C(=O)O. The second-order valence-corrected chi connectivity index (χ2v) is 4.75. The van der Waals surface area contributed by atoms with Crippen LogP contribution in [0.3, 0.4) is 0 Å². The highest BCUT2D eigenvalue weighted by Crippen LogP contribution is 2.04. The summed E-state index contributed by atoms with van der Waals surface area (Å²) in [6.45, 7) is -0.861. The molecule has 0 saturated heterocycles. The quantitative estimate of drug-likeness (QED) is 0.188. The number of ketones is 1. The Morgan fingerprint density at radius 2 is 1.74 bits per heavy atom. The van der Waals surface area contributed by atoms with Crippen molar-refractivity contribution < 1.29 is 39.9 Å². The van der Waals surface area contributed by atoms with Crippen LogP contribution >= 0.6 is 0 Å². The lowest BCUT2D eigenvalue weighted by Crippen LogP contribution is -2.45. The van der Waals surface area contributed by atoms with Crippen LogP contribution in [-0.2, 0) is 14.3 Å². The van der Waals surface area contributed by atoms with Gasteiger partial charge in [-0.1, -0.05) is 6.42 Å². The van der Waals surface area contributed by atoms with E-state index in [2.05, 4.69) is 4.74 Å². The first-order chi connectivity index (χ1) is 10.8. The minimum absolute atomic E-state index is 0.520. The first-order valence-electron chi connectivity index (χ1n) is 7.08. The van der Waals surface area contributed by atoms with E-state index in [1.165, 1.54) is 0 Å². The smallest absolute Gasteiger partial charge is 0.320 e.